The molecule has 0 bridgehead atoms. The van der Waals surface area contributed by atoms with Crippen LogP contribution in [0, 0.1) is 0 Å². The Morgan fingerprint density at radius 2 is 1.57 bits per heavy atom. The number of likely N-dealkylation sites (N-methyl/N-ethyl adjacent to an activating group) is 1. The molecule has 2 aliphatic heterocycles. The van der Waals surface area contributed by atoms with Crippen LogP contribution in [-0.4, -0.2) is 36.5 Å². The minimum absolute atomic E-state index is 0. The van der Waals surface area contributed by atoms with Gasteiger partial charge in [-0.3, -0.25) is 4.79 Å². The van der Waals surface area contributed by atoms with Gasteiger partial charge in [-0.05, 0) is 43.5 Å². The number of halogens is 6. The molecule has 0 aliphatic carbocycles. The van der Waals surface area contributed by atoms with Gasteiger partial charge in [-0.25, -0.2) is 0 Å². The first-order valence-corrected chi connectivity index (χ1v) is 11.7. The fraction of sp³-hybridized carbons (Fsp3) is 0.500. The van der Waals surface area contributed by atoms with Crippen molar-refractivity contribution in [2.75, 3.05) is 20.2 Å². The number of amides is 1. The Labute approximate surface area is 237 Å². The van der Waals surface area contributed by atoms with Crippen molar-refractivity contribution in [3.63, 3.8) is 0 Å². The Kier molecular flexibility index (Phi) is 8.89. The Hall–Kier alpha value is -1.49. The molecule has 2 aliphatic rings. The van der Waals surface area contributed by atoms with E-state index in [1.807, 2.05) is 30.3 Å². The summed E-state index contributed by atoms with van der Waals surface area (Å²) in [6, 6.07) is 10.8. The van der Waals surface area contributed by atoms with Crippen molar-refractivity contribution in [2.45, 2.75) is 62.1 Å². The third-order valence-electron chi connectivity index (χ3n) is 7.53. The summed E-state index contributed by atoms with van der Waals surface area (Å²) >= 11 is 0. The van der Waals surface area contributed by atoms with Crippen LogP contribution in [-0.2, 0) is 60.1 Å². The third-order valence-corrected chi connectivity index (χ3v) is 7.53. The van der Waals surface area contributed by atoms with Gasteiger partial charge in [0.1, 0.15) is 0 Å². The van der Waals surface area contributed by atoms with Gasteiger partial charge in [0, 0.05) is 58.3 Å². The molecule has 1 spiro atoms. The fourth-order valence-electron chi connectivity index (χ4n) is 5.07. The standard InChI is InChI=1S/C26H27F6N2O2.Y/c1-17(18-12-20(25(27,28)29)14-21(13-18)26(30,31)32)36-16-24(19-6-4-3-5-7-19)11-10-23(15-33-24)9-8-22(35)34(23)2;/h3-7,12-14,17H,8-11,15-16H2,1-2H3;/q-1;/t17-,23-,24-;/m1./s1. The van der Waals surface area contributed by atoms with Crippen molar-refractivity contribution in [1.82, 2.24) is 4.90 Å². The Morgan fingerprint density at radius 3 is 2.03 bits per heavy atom. The number of alkyl halides is 6. The van der Waals surface area contributed by atoms with E-state index in [1.165, 1.54) is 6.92 Å². The monoisotopic (exact) mass is 602 g/mol. The number of rotatable bonds is 5. The summed E-state index contributed by atoms with van der Waals surface area (Å²) in [5, 5.41) is 4.95. The maximum Gasteiger partial charge on any atom is 0.416 e. The number of hydrogen-bond donors (Lipinski definition) is 0. The van der Waals surface area contributed by atoms with Gasteiger partial charge in [0.25, 0.3) is 0 Å². The van der Waals surface area contributed by atoms with Gasteiger partial charge < -0.3 is 15.0 Å². The zero-order valence-electron chi connectivity index (χ0n) is 20.5. The average molecular weight is 602 g/mol. The fourth-order valence-corrected chi connectivity index (χ4v) is 5.07. The molecule has 0 saturated carbocycles. The summed E-state index contributed by atoms with van der Waals surface area (Å²) < 4.78 is 85.8. The van der Waals surface area contributed by atoms with Gasteiger partial charge in [0.15, 0.2) is 0 Å². The topological polar surface area (TPSA) is 43.6 Å². The number of ether oxygens (including phenoxy) is 1. The molecule has 2 aromatic rings. The molecule has 0 unspecified atom stereocenters. The minimum Gasteiger partial charge on any atom is -0.649 e. The molecule has 4 nitrogen and oxygen atoms in total. The number of piperidine rings is 1. The number of nitrogens with zero attached hydrogens (tertiary/aromatic N) is 2. The van der Waals surface area contributed by atoms with Crippen molar-refractivity contribution in [1.29, 1.82) is 0 Å². The van der Waals surface area contributed by atoms with Gasteiger partial charge in [-0.15, -0.1) is 6.54 Å². The predicted octanol–water partition coefficient (Wildman–Crippen LogP) is 6.85. The van der Waals surface area contributed by atoms with Gasteiger partial charge in [-0.2, -0.15) is 26.3 Å². The van der Waals surface area contributed by atoms with Gasteiger partial charge in [0.2, 0.25) is 5.91 Å². The quantitative estimate of drug-likeness (QED) is 0.352. The van der Waals surface area contributed by atoms with Gasteiger partial charge in [-0.1, -0.05) is 47.9 Å². The molecule has 2 saturated heterocycles. The predicted molar refractivity (Wildman–Crippen MR) is 121 cm³/mol. The molecule has 1 amide bonds. The molecular formula is C26H27F6N2O2Y-. The van der Waals surface area contributed by atoms with Crippen LogP contribution in [0.2, 0.25) is 0 Å². The summed E-state index contributed by atoms with van der Waals surface area (Å²) in [5.41, 5.74) is -3.32. The molecule has 1 radical (unpaired) electrons. The first kappa shape index (κ1) is 30.1. The van der Waals surface area contributed by atoms with Crippen molar-refractivity contribution >= 4 is 5.91 Å². The van der Waals surface area contributed by atoms with Crippen molar-refractivity contribution in [3.8, 4) is 0 Å². The molecule has 0 aromatic heterocycles. The molecule has 0 N–H and O–H groups in total. The van der Waals surface area contributed by atoms with Gasteiger partial charge >= 0.3 is 12.4 Å². The smallest absolute Gasteiger partial charge is 0.416 e. The number of benzene rings is 2. The van der Waals surface area contributed by atoms with Crippen LogP contribution in [0.5, 0.6) is 0 Å². The first-order chi connectivity index (χ1) is 16.8. The van der Waals surface area contributed by atoms with E-state index in [2.05, 4.69) is 0 Å². The number of likely N-dealkylation sites (tertiary alicyclic amines) is 1. The van der Waals surface area contributed by atoms with E-state index in [0.29, 0.717) is 44.4 Å². The normalized spacial score (nSPS) is 25.3. The van der Waals surface area contributed by atoms with Gasteiger partial charge in [0.05, 0.1) is 17.2 Å². The molecule has 11 heteroatoms. The Balaban J connectivity index is 0.00000380. The molecule has 2 fully saturated rings. The molecule has 2 aromatic carbocycles. The molecule has 3 atom stereocenters. The summed E-state index contributed by atoms with van der Waals surface area (Å²) in [4.78, 5) is 13.9. The largest absolute Gasteiger partial charge is 0.649 e. The summed E-state index contributed by atoms with van der Waals surface area (Å²) in [7, 11) is 1.77. The summed E-state index contributed by atoms with van der Waals surface area (Å²) in [6.07, 6.45) is -8.58. The SMILES string of the molecule is C[C@@H](OC[C@@]1(c2ccccc2)CC[C@]2(CCC(=O)N2C)C[N-]1)c1cc(C(F)(F)F)cc(C(F)(F)F)c1.[Y]. The van der Waals surface area contributed by atoms with Crippen molar-refractivity contribution in [2.24, 2.45) is 0 Å². The van der Waals surface area contributed by atoms with Crippen molar-refractivity contribution < 1.29 is 68.6 Å². The first-order valence-electron chi connectivity index (χ1n) is 11.7. The molecular weight excluding hydrogens is 575 g/mol. The molecule has 4 rings (SSSR count). The Morgan fingerprint density at radius 1 is 0.973 bits per heavy atom. The Bertz CT molecular complexity index is 1070. The third kappa shape index (κ3) is 6.23. The van der Waals surface area contributed by atoms with E-state index in [4.69, 9.17) is 10.1 Å². The van der Waals surface area contributed by atoms with E-state index in [-0.39, 0.29) is 62.4 Å². The number of hydrogen-bond acceptors (Lipinski definition) is 2. The summed E-state index contributed by atoms with van der Waals surface area (Å²) in [6.45, 7) is 1.79. The zero-order chi connectivity index (χ0) is 26.4. The second kappa shape index (κ2) is 10.9. The van der Waals surface area contributed by atoms with E-state index in [9.17, 15) is 31.1 Å². The van der Waals surface area contributed by atoms with Crippen LogP contribution in [0.3, 0.4) is 0 Å². The van der Waals surface area contributed by atoms with Crippen LogP contribution < -0.4 is 0 Å². The zero-order valence-corrected chi connectivity index (χ0v) is 23.3. The molecule has 2 heterocycles. The average Bonchev–Trinajstić information content (AvgIpc) is 3.11. The molecule has 199 valence electrons. The van der Waals surface area contributed by atoms with Crippen LogP contribution in [0.15, 0.2) is 48.5 Å². The number of carbonyl (C=O) groups excluding carboxylic acids is 1. The summed E-state index contributed by atoms with van der Waals surface area (Å²) in [5.74, 6) is 0.0623. The van der Waals surface area contributed by atoms with E-state index in [1.54, 1.807) is 11.9 Å². The van der Waals surface area contributed by atoms with Crippen LogP contribution in [0.1, 0.15) is 61.0 Å². The van der Waals surface area contributed by atoms with Crippen LogP contribution in [0.25, 0.3) is 5.32 Å². The van der Waals surface area contributed by atoms with Crippen LogP contribution in [0.4, 0.5) is 26.3 Å². The second-order valence-corrected chi connectivity index (χ2v) is 9.68. The maximum absolute atomic E-state index is 13.3. The van der Waals surface area contributed by atoms with E-state index >= 15 is 0 Å². The number of carbonyl (C=O) groups is 1. The second-order valence-electron chi connectivity index (χ2n) is 9.68. The molecule has 37 heavy (non-hydrogen) atoms. The van der Waals surface area contributed by atoms with E-state index in [0.717, 1.165) is 5.56 Å². The van der Waals surface area contributed by atoms with Crippen LogP contribution >= 0.6 is 0 Å². The maximum atomic E-state index is 13.3. The van der Waals surface area contributed by atoms with E-state index < -0.39 is 35.1 Å². The minimum atomic E-state index is -4.93. The van der Waals surface area contributed by atoms with Crippen molar-refractivity contribution in [3.05, 3.63) is 76.1 Å².